The molecule has 3 heterocycles. The highest BCUT2D eigenvalue weighted by Gasteiger charge is 2.26. The Bertz CT molecular complexity index is 926. The van der Waals surface area contributed by atoms with Crippen LogP contribution in [0.15, 0.2) is 24.4 Å². The molecule has 9 heteroatoms. The topological polar surface area (TPSA) is 61.4 Å². The van der Waals surface area contributed by atoms with Crippen LogP contribution in [0.2, 0.25) is 0 Å². The second-order valence-electron chi connectivity index (χ2n) is 8.64. The van der Waals surface area contributed by atoms with E-state index in [0.29, 0.717) is 30.7 Å². The number of thiazole rings is 1. The van der Waals surface area contributed by atoms with Crippen LogP contribution in [0.5, 0.6) is 11.5 Å². The Hall–Kier alpha value is -2.36. The molecule has 8 nitrogen and oxygen atoms in total. The average molecular weight is 460 g/mol. The molecule has 2 aliphatic rings. The van der Waals surface area contributed by atoms with Gasteiger partial charge >= 0.3 is 0 Å². The Labute approximate surface area is 194 Å². The lowest BCUT2D eigenvalue weighted by atomic mass is 10.1. The van der Waals surface area contributed by atoms with Crippen LogP contribution in [0.25, 0.3) is 0 Å². The van der Waals surface area contributed by atoms with Gasteiger partial charge in [0, 0.05) is 52.4 Å². The van der Waals surface area contributed by atoms with Crippen molar-refractivity contribution in [3.05, 3.63) is 34.8 Å². The number of piperazine rings is 1. The maximum Gasteiger partial charge on any atom is 0.265 e. The minimum Gasteiger partial charge on any atom is -0.486 e. The molecule has 0 bridgehead atoms. The van der Waals surface area contributed by atoms with E-state index >= 15 is 0 Å². The number of nitrogens with zero attached hydrogens (tertiary/aromatic N) is 5. The molecule has 2 aliphatic heterocycles. The zero-order valence-electron chi connectivity index (χ0n) is 19.4. The van der Waals surface area contributed by atoms with Crippen molar-refractivity contribution in [2.24, 2.45) is 0 Å². The second kappa shape index (κ2) is 10.1. The third-order valence-corrected chi connectivity index (χ3v) is 7.16. The average Bonchev–Trinajstić information content (AvgIpc) is 3.31. The number of anilines is 1. The lowest BCUT2D eigenvalue weighted by Crippen LogP contribution is -2.47. The lowest BCUT2D eigenvalue weighted by Gasteiger charge is -2.38. The van der Waals surface area contributed by atoms with Gasteiger partial charge in [0.05, 0.1) is 6.20 Å². The first-order valence-electron chi connectivity index (χ1n) is 11.2. The fourth-order valence-corrected chi connectivity index (χ4v) is 4.94. The summed E-state index contributed by atoms with van der Waals surface area (Å²) >= 11 is 1.49. The number of benzene rings is 1. The number of carbonyl (C=O) groups is 1. The molecule has 0 radical (unpaired) electrons. The van der Waals surface area contributed by atoms with Gasteiger partial charge in [-0.1, -0.05) is 17.4 Å². The normalized spacial score (nSPS) is 17.5. The highest BCUT2D eigenvalue weighted by atomic mass is 32.1. The molecule has 0 spiro atoms. The quantitative estimate of drug-likeness (QED) is 0.630. The second-order valence-corrected chi connectivity index (χ2v) is 9.65. The zero-order chi connectivity index (χ0) is 22.7. The van der Waals surface area contributed by atoms with Crippen LogP contribution in [0.1, 0.15) is 28.2 Å². The van der Waals surface area contributed by atoms with E-state index < -0.39 is 0 Å². The summed E-state index contributed by atoms with van der Waals surface area (Å²) in [5.41, 5.74) is 1.24. The van der Waals surface area contributed by atoms with E-state index in [1.54, 1.807) is 11.1 Å². The fourth-order valence-electron chi connectivity index (χ4n) is 3.98. The first-order chi connectivity index (χ1) is 15.4. The third-order valence-electron chi connectivity index (χ3n) is 6.11. The fraction of sp³-hybridized carbons (Fsp3) is 0.565. The van der Waals surface area contributed by atoms with Crippen LogP contribution in [-0.2, 0) is 0 Å². The molecule has 1 fully saturated rings. The van der Waals surface area contributed by atoms with E-state index in [2.05, 4.69) is 38.7 Å². The van der Waals surface area contributed by atoms with Crippen molar-refractivity contribution >= 4 is 22.4 Å². The van der Waals surface area contributed by atoms with Gasteiger partial charge in [-0.3, -0.25) is 9.69 Å². The highest BCUT2D eigenvalue weighted by Crippen LogP contribution is 2.34. The molecule has 1 amide bonds. The SMILES string of the molecule is C[C@H](c1ccc2c(c1)OCCO2)N1CCN(c2ncc(C(=O)N(C)CCN(C)C)s2)CC1. The molecule has 4 rings (SSSR count). The van der Waals surface area contributed by atoms with Crippen LogP contribution in [-0.4, -0.2) is 99.2 Å². The van der Waals surface area contributed by atoms with Gasteiger partial charge in [-0.15, -0.1) is 0 Å². The summed E-state index contributed by atoms with van der Waals surface area (Å²) in [4.78, 5) is 26.6. The Morgan fingerprint density at radius 3 is 2.53 bits per heavy atom. The number of hydrogen-bond donors (Lipinski definition) is 0. The van der Waals surface area contributed by atoms with E-state index in [1.807, 2.05) is 27.2 Å². The standard InChI is InChI=1S/C23H33N5O3S/c1-17(18-5-6-19-20(15-18)31-14-13-30-19)27-9-11-28(12-10-27)23-24-16-21(32-23)22(29)26(4)8-7-25(2)3/h5-6,15-17H,7-14H2,1-4H3/t17-/m1/s1. The van der Waals surface area contributed by atoms with E-state index in [9.17, 15) is 4.79 Å². The van der Waals surface area contributed by atoms with Gasteiger partial charge in [-0.05, 0) is 38.7 Å². The van der Waals surface area contributed by atoms with Crippen LogP contribution in [0.4, 0.5) is 5.13 Å². The number of aromatic nitrogens is 1. The monoisotopic (exact) mass is 459 g/mol. The maximum absolute atomic E-state index is 12.7. The minimum atomic E-state index is 0.0430. The summed E-state index contributed by atoms with van der Waals surface area (Å²) in [7, 11) is 5.87. The van der Waals surface area contributed by atoms with Crippen molar-refractivity contribution in [2.75, 3.05) is 78.5 Å². The molecule has 0 aliphatic carbocycles. The molecule has 1 aromatic heterocycles. The van der Waals surface area contributed by atoms with Gasteiger partial charge in [0.1, 0.15) is 18.1 Å². The van der Waals surface area contributed by atoms with Gasteiger partial charge in [0.25, 0.3) is 5.91 Å². The van der Waals surface area contributed by atoms with Crippen molar-refractivity contribution in [2.45, 2.75) is 13.0 Å². The van der Waals surface area contributed by atoms with Crippen molar-refractivity contribution < 1.29 is 14.3 Å². The first-order valence-corrected chi connectivity index (χ1v) is 12.0. The number of rotatable bonds is 7. The van der Waals surface area contributed by atoms with Crippen molar-refractivity contribution in [3.8, 4) is 11.5 Å². The van der Waals surface area contributed by atoms with Gasteiger partial charge in [0.2, 0.25) is 0 Å². The number of carbonyl (C=O) groups excluding carboxylic acids is 1. The lowest BCUT2D eigenvalue weighted by molar-refractivity contribution is 0.0791. The third kappa shape index (κ3) is 5.16. The van der Waals surface area contributed by atoms with Crippen LogP contribution in [0, 0.1) is 0 Å². The van der Waals surface area contributed by atoms with Crippen LogP contribution in [0.3, 0.4) is 0 Å². The molecular weight excluding hydrogens is 426 g/mol. The Morgan fingerprint density at radius 1 is 1.09 bits per heavy atom. The van der Waals surface area contributed by atoms with E-state index in [-0.39, 0.29) is 5.91 Å². The molecule has 0 N–H and O–H groups in total. The van der Waals surface area contributed by atoms with Crippen molar-refractivity contribution in [1.82, 2.24) is 19.7 Å². The summed E-state index contributed by atoms with van der Waals surface area (Å²) in [6.07, 6.45) is 1.72. The molecule has 2 aromatic rings. The number of hydrogen-bond acceptors (Lipinski definition) is 8. The smallest absolute Gasteiger partial charge is 0.265 e. The molecule has 0 unspecified atom stereocenters. The number of ether oxygens (including phenoxy) is 2. The molecule has 32 heavy (non-hydrogen) atoms. The maximum atomic E-state index is 12.7. The summed E-state index contributed by atoms with van der Waals surface area (Å²) in [6, 6.07) is 6.56. The van der Waals surface area contributed by atoms with Crippen LogP contribution >= 0.6 is 11.3 Å². The van der Waals surface area contributed by atoms with Gasteiger partial charge in [-0.25, -0.2) is 4.98 Å². The Kier molecular flexibility index (Phi) is 7.17. The largest absolute Gasteiger partial charge is 0.486 e. The molecule has 1 saturated heterocycles. The van der Waals surface area contributed by atoms with Crippen LogP contribution < -0.4 is 14.4 Å². The number of fused-ring (bicyclic) bond motifs is 1. The highest BCUT2D eigenvalue weighted by molar-refractivity contribution is 7.17. The number of likely N-dealkylation sites (N-methyl/N-ethyl adjacent to an activating group) is 2. The predicted molar refractivity (Wildman–Crippen MR) is 127 cm³/mol. The number of amides is 1. The van der Waals surface area contributed by atoms with Gasteiger partial charge in [-0.2, -0.15) is 0 Å². The summed E-state index contributed by atoms with van der Waals surface area (Å²) in [6.45, 7) is 8.69. The van der Waals surface area contributed by atoms with Gasteiger partial charge in [0.15, 0.2) is 16.6 Å². The molecule has 1 atom stereocenters. The van der Waals surface area contributed by atoms with E-state index in [4.69, 9.17) is 9.47 Å². The van der Waals surface area contributed by atoms with E-state index in [1.165, 1.54) is 16.9 Å². The summed E-state index contributed by atoms with van der Waals surface area (Å²) in [5, 5.41) is 0.931. The summed E-state index contributed by atoms with van der Waals surface area (Å²) < 4.78 is 11.4. The molecular formula is C23H33N5O3S. The Balaban J connectivity index is 1.32. The Morgan fingerprint density at radius 2 is 1.81 bits per heavy atom. The van der Waals surface area contributed by atoms with E-state index in [0.717, 1.165) is 49.4 Å². The summed E-state index contributed by atoms with van der Waals surface area (Å²) in [5.74, 6) is 1.72. The zero-order valence-corrected chi connectivity index (χ0v) is 20.2. The minimum absolute atomic E-state index is 0.0430. The molecule has 174 valence electrons. The molecule has 0 saturated carbocycles. The predicted octanol–water partition coefficient (Wildman–Crippen LogP) is 2.43. The molecule has 1 aromatic carbocycles. The van der Waals surface area contributed by atoms with Crippen molar-refractivity contribution in [1.29, 1.82) is 0 Å². The first kappa shape index (κ1) is 22.8. The van der Waals surface area contributed by atoms with Crippen molar-refractivity contribution in [3.63, 3.8) is 0 Å². The van der Waals surface area contributed by atoms with Gasteiger partial charge < -0.3 is 24.2 Å².